The first-order valence-electron chi connectivity index (χ1n) is 3.49. The van der Waals surface area contributed by atoms with E-state index in [1.165, 1.54) is 0 Å². The number of imidazole rings is 1. The lowest BCUT2D eigenvalue weighted by Gasteiger charge is -1.86. The van der Waals surface area contributed by atoms with Crippen LogP contribution < -0.4 is 4.57 Å². The van der Waals surface area contributed by atoms with Crippen LogP contribution in [-0.2, 0) is 13.6 Å². The molecule has 0 unspecified atom stereocenters. The first kappa shape index (κ1) is 11.4. The van der Waals surface area contributed by atoms with E-state index < -0.39 is 5.09 Å². The van der Waals surface area contributed by atoms with E-state index in [0.29, 0.717) is 6.54 Å². The highest BCUT2D eigenvalue weighted by Gasteiger charge is 1.95. The third-order valence-corrected chi connectivity index (χ3v) is 1.18. The van der Waals surface area contributed by atoms with Crippen LogP contribution >= 0.6 is 0 Å². The van der Waals surface area contributed by atoms with Crippen molar-refractivity contribution in [1.82, 2.24) is 4.57 Å². The lowest BCUT2D eigenvalue weighted by Crippen LogP contribution is -2.23. The highest BCUT2D eigenvalue weighted by Crippen LogP contribution is 1.80. The number of rotatable bonds is 2. The van der Waals surface area contributed by atoms with Crippen molar-refractivity contribution in [2.24, 2.45) is 7.05 Å². The molecule has 0 amide bonds. The van der Waals surface area contributed by atoms with Gasteiger partial charge in [0.15, 0.2) is 0 Å². The third-order valence-electron chi connectivity index (χ3n) is 1.18. The molecule has 13 heavy (non-hydrogen) atoms. The van der Waals surface area contributed by atoms with Crippen LogP contribution in [0.5, 0.6) is 0 Å². The van der Waals surface area contributed by atoms with Crippen LogP contribution in [0.25, 0.3) is 0 Å². The number of aliphatic hydroxyl groups excluding tert-OH is 1. The first-order chi connectivity index (χ1) is 6.06. The van der Waals surface area contributed by atoms with Gasteiger partial charge in [0.05, 0.1) is 18.7 Å². The van der Waals surface area contributed by atoms with Gasteiger partial charge < -0.3 is 20.4 Å². The molecule has 0 bridgehead atoms. The van der Waals surface area contributed by atoms with Gasteiger partial charge in [0.1, 0.15) is 18.9 Å². The number of hydrogen-bond donors (Lipinski definition) is 1. The molecule has 0 saturated heterocycles. The smallest absolute Gasteiger partial charge is 0.243 e. The Morgan fingerprint density at radius 2 is 2.15 bits per heavy atom. The summed E-state index contributed by atoms with van der Waals surface area (Å²) in [6.07, 6.45) is 5.79. The van der Waals surface area contributed by atoms with Gasteiger partial charge in [-0.05, 0) is 0 Å². The lowest BCUT2D eigenvalue weighted by molar-refractivity contribution is -0.671. The zero-order valence-corrected chi connectivity index (χ0v) is 7.16. The molecule has 7 heteroatoms. The van der Waals surface area contributed by atoms with Gasteiger partial charge in [-0.2, -0.15) is 0 Å². The van der Waals surface area contributed by atoms with Crippen LogP contribution in [0.4, 0.5) is 0 Å². The van der Waals surface area contributed by atoms with Gasteiger partial charge in [-0.25, -0.2) is 9.13 Å². The van der Waals surface area contributed by atoms with E-state index in [0.717, 1.165) is 0 Å². The molecule has 0 atom stereocenters. The second-order valence-electron chi connectivity index (χ2n) is 2.26. The van der Waals surface area contributed by atoms with Crippen molar-refractivity contribution < 1.29 is 14.8 Å². The van der Waals surface area contributed by atoms with Crippen LogP contribution in [0, 0.1) is 15.3 Å². The molecule has 0 spiro atoms. The Hall–Kier alpha value is -1.63. The van der Waals surface area contributed by atoms with E-state index in [9.17, 15) is 0 Å². The minimum atomic E-state index is -1.75. The van der Waals surface area contributed by atoms with Crippen LogP contribution in [0.1, 0.15) is 0 Å². The molecule has 1 aromatic heterocycles. The van der Waals surface area contributed by atoms with Crippen LogP contribution in [-0.4, -0.2) is 21.4 Å². The van der Waals surface area contributed by atoms with Gasteiger partial charge >= 0.3 is 0 Å². The number of aryl methyl sites for hydroxylation is 1. The van der Waals surface area contributed by atoms with E-state index in [2.05, 4.69) is 0 Å². The average Bonchev–Trinajstić information content (AvgIpc) is 2.35. The number of nitrogens with zero attached hydrogens (tertiary/aromatic N) is 3. The summed E-state index contributed by atoms with van der Waals surface area (Å²) < 4.78 is 3.87. The third kappa shape index (κ3) is 6.76. The predicted molar refractivity (Wildman–Crippen MR) is 43.1 cm³/mol. The highest BCUT2D eigenvalue weighted by molar-refractivity contribution is 4.64. The van der Waals surface area contributed by atoms with Crippen LogP contribution in [0.2, 0.25) is 0 Å². The Morgan fingerprint density at radius 3 is 2.46 bits per heavy atom. The number of aliphatic hydroxyl groups is 1. The SMILES string of the molecule is C[n+]1ccn(CCO)c1.O=[N+]([O-])[O-]. The van der Waals surface area contributed by atoms with Gasteiger partial charge in [-0.3, -0.25) is 0 Å². The normalized spacial score (nSPS) is 8.77. The molecule has 1 N–H and O–H groups in total. The molecular weight excluding hydrogens is 178 g/mol. The largest absolute Gasteiger partial charge is 0.392 e. The van der Waals surface area contributed by atoms with Crippen molar-refractivity contribution in [3.05, 3.63) is 34.0 Å². The maximum absolute atomic E-state index is 8.50. The molecule has 0 radical (unpaired) electrons. The molecule has 0 aliphatic heterocycles. The summed E-state index contributed by atoms with van der Waals surface area (Å²) in [6.45, 7) is 0.884. The summed E-state index contributed by atoms with van der Waals surface area (Å²) in [5.41, 5.74) is 0. The first-order valence-corrected chi connectivity index (χ1v) is 3.49. The Bertz CT molecular complexity index is 256. The van der Waals surface area contributed by atoms with E-state index in [1.54, 1.807) is 0 Å². The zero-order valence-electron chi connectivity index (χ0n) is 7.16. The van der Waals surface area contributed by atoms with Gasteiger partial charge in [0, 0.05) is 0 Å². The van der Waals surface area contributed by atoms with E-state index in [1.807, 2.05) is 34.9 Å². The quantitative estimate of drug-likeness (QED) is 0.369. The average molecular weight is 189 g/mol. The van der Waals surface area contributed by atoms with Crippen molar-refractivity contribution in [3.8, 4) is 0 Å². The Morgan fingerprint density at radius 1 is 1.62 bits per heavy atom. The fourth-order valence-electron chi connectivity index (χ4n) is 0.749. The maximum Gasteiger partial charge on any atom is 0.243 e. The van der Waals surface area contributed by atoms with Crippen molar-refractivity contribution in [2.75, 3.05) is 6.61 Å². The van der Waals surface area contributed by atoms with Crippen molar-refractivity contribution in [3.63, 3.8) is 0 Å². The topological polar surface area (TPSA) is 95.2 Å². The lowest BCUT2D eigenvalue weighted by atomic mass is 10.7. The molecule has 74 valence electrons. The second-order valence-corrected chi connectivity index (χ2v) is 2.26. The monoisotopic (exact) mass is 189 g/mol. The molecule has 0 saturated carbocycles. The molecule has 0 aromatic carbocycles. The summed E-state index contributed by atoms with van der Waals surface area (Å²) in [7, 11) is 1.95. The van der Waals surface area contributed by atoms with Crippen molar-refractivity contribution in [1.29, 1.82) is 0 Å². The molecule has 1 aromatic rings. The van der Waals surface area contributed by atoms with Crippen molar-refractivity contribution >= 4 is 0 Å². The Kier molecular flexibility index (Phi) is 5.20. The van der Waals surface area contributed by atoms with E-state index in [4.69, 9.17) is 20.4 Å². The Labute approximate surface area is 74.6 Å². The van der Waals surface area contributed by atoms with Gasteiger partial charge in [0.25, 0.3) is 0 Å². The summed E-state index contributed by atoms with van der Waals surface area (Å²) in [5.74, 6) is 0. The Balaban J connectivity index is 0.000000310. The van der Waals surface area contributed by atoms with Crippen molar-refractivity contribution in [2.45, 2.75) is 6.54 Å². The van der Waals surface area contributed by atoms with Crippen LogP contribution in [0.15, 0.2) is 18.7 Å². The van der Waals surface area contributed by atoms with E-state index >= 15 is 0 Å². The minimum absolute atomic E-state index is 0.203. The molecular formula is C6H11N3O4. The maximum atomic E-state index is 8.50. The number of aromatic nitrogens is 2. The molecule has 1 rings (SSSR count). The summed E-state index contributed by atoms with van der Waals surface area (Å²) in [5, 5.41) is 23.2. The second kappa shape index (κ2) is 5.95. The fourth-order valence-corrected chi connectivity index (χ4v) is 0.749. The molecule has 0 aliphatic carbocycles. The fraction of sp³-hybridized carbons (Fsp3) is 0.500. The summed E-state index contributed by atoms with van der Waals surface area (Å²) in [6, 6.07) is 0. The molecule has 7 nitrogen and oxygen atoms in total. The van der Waals surface area contributed by atoms with E-state index in [-0.39, 0.29) is 6.61 Å². The summed E-state index contributed by atoms with van der Waals surface area (Å²) >= 11 is 0. The molecule has 0 fully saturated rings. The molecule has 0 aliphatic rings. The standard InChI is InChI=1S/C6H11N2O.NO3/c1-7-2-3-8(6-7)4-5-9;2-1(3)4/h2-3,6,9H,4-5H2,1H3;/q+1;-1. The van der Waals surface area contributed by atoms with Gasteiger partial charge in [-0.1, -0.05) is 0 Å². The summed E-state index contributed by atoms with van der Waals surface area (Å²) in [4.78, 5) is 8.25. The zero-order chi connectivity index (χ0) is 10.3. The predicted octanol–water partition coefficient (Wildman–Crippen LogP) is -0.934. The highest BCUT2D eigenvalue weighted by atomic mass is 16.9. The van der Waals surface area contributed by atoms with Gasteiger partial charge in [0.2, 0.25) is 6.33 Å². The van der Waals surface area contributed by atoms with Gasteiger partial charge in [-0.15, -0.1) is 0 Å². The number of hydrogen-bond acceptors (Lipinski definition) is 4. The van der Waals surface area contributed by atoms with Crippen LogP contribution in [0.3, 0.4) is 0 Å². The molecule has 1 heterocycles. The minimum Gasteiger partial charge on any atom is -0.392 e.